The summed E-state index contributed by atoms with van der Waals surface area (Å²) in [7, 11) is -3.15. The van der Waals surface area contributed by atoms with Crippen molar-refractivity contribution >= 4 is 13.4 Å². The highest BCUT2D eigenvalue weighted by Crippen LogP contribution is 2.61. The van der Waals surface area contributed by atoms with E-state index < -0.39 is 24.1 Å². The molecule has 2 saturated heterocycles. The first-order chi connectivity index (χ1) is 16.3. The minimum atomic E-state index is -3.15. The minimum absolute atomic E-state index is 0.0424. The molecule has 176 valence electrons. The summed E-state index contributed by atoms with van der Waals surface area (Å²) in [4.78, 5) is 10.8. The van der Waals surface area contributed by atoms with Gasteiger partial charge < -0.3 is 9.26 Å². The fourth-order valence-electron chi connectivity index (χ4n) is 3.60. The predicted octanol–water partition coefficient (Wildman–Crippen LogP) is 5.76. The Kier molecular flexibility index (Phi) is 5.95. The molecule has 0 N–H and O–H groups in total. The van der Waals surface area contributed by atoms with Crippen molar-refractivity contribution in [3.05, 3.63) is 87.7 Å². The van der Waals surface area contributed by atoms with E-state index in [4.69, 9.17) is 9.26 Å². The molecule has 3 aromatic carbocycles. The number of hydrogen-bond acceptors (Lipinski definition) is 5. The van der Waals surface area contributed by atoms with Gasteiger partial charge >= 0.3 is 13.4 Å². The van der Waals surface area contributed by atoms with Crippen LogP contribution in [0, 0.1) is 22.9 Å². The lowest BCUT2D eigenvalue weighted by molar-refractivity contribution is -0.385. The zero-order valence-corrected chi connectivity index (χ0v) is 19.4. The van der Waals surface area contributed by atoms with Gasteiger partial charge in [-0.2, -0.15) is 0 Å². The Bertz CT molecular complexity index is 1260. The number of aryl methyl sites for hydroxylation is 1. The molecule has 2 fully saturated rings. The van der Waals surface area contributed by atoms with Crippen LogP contribution >= 0.6 is 7.67 Å². The van der Waals surface area contributed by atoms with E-state index in [-0.39, 0.29) is 17.9 Å². The summed E-state index contributed by atoms with van der Waals surface area (Å²) in [6, 6.07) is 17.2. The summed E-state index contributed by atoms with van der Waals surface area (Å²) in [5.41, 5.74) is 2.71. The zero-order valence-electron chi connectivity index (χ0n) is 18.5. The topological polar surface area (TPSA) is 84.7 Å². The number of nitro groups is 1. The molecular weight excluding hydrogens is 460 g/mol. The number of nitro benzene ring substituents is 1. The Morgan fingerprint density at radius 1 is 0.971 bits per heavy atom. The van der Waals surface area contributed by atoms with Crippen LogP contribution in [0.15, 0.2) is 60.7 Å². The molecule has 0 amide bonds. The summed E-state index contributed by atoms with van der Waals surface area (Å²) >= 11 is 0. The van der Waals surface area contributed by atoms with Crippen LogP contribution in [0.25, 0.3) is 11.1 Å². The Hall–Kier alpha value is -3.10. The third-order valence-electron chi connectivity index (χ3n) is 5.74. The van der Waals surface area contributed by atoms with E-state index in [1.165, 1.54) is 6.07 Å². The number of nitrogens with zero attached hydrogens (tertiary/aromatic N) is 3. The van der Waals surface area contributed by atoms with Crippen LogP contribution in [0.2, 0.25) is 0 Å². The zero-order chi connectivity index (χ0) is 23.9. The van der Waals surface area contributed by atoms with E-state index >= 15 is 0 Å². The van der Waals surface area contributed by atoms with Crippen molar-refractivity contribution in [2.24, 2.45) is 0 Å². The van der Waals surface area contributed by atoms with Gasteiger partial charge in [0.2, 0.25) is 5.75 Å². The highest BCUT2D eigenvalue weighted by molar-refractivity contribution is 7.54. The van der Waals surface area contributed by atoms with Crippen molar-refractivity contribution < 1.29 is 23.1 Å². The molecule has 3 aromatic rings. The Morgan fingerprint density at radius 3 is 2.06 bits per heavy atom. The molecule has 0 radical (unpaired) electrons. The molecule has 34 heavy (non-hydrogen) atoms. The normalized spacial score (nSPS) is 15.8. The SMILES string of the molecule is Cc1ccc(-c2ccc(Oc3cc(COP(=O)(N4CC4)N4CC4)c(F)cc3[N+](=O)[O-])cc2)cc1. The summed E-state index contributed by atoms with van der Waals surface area (Å²) < 4.78 is 42.6. The van der Waals surface area contributed by atoms with Crippen molar-refractivity contribution in [3.8, 4) is 22.6 Å². The average molecular weight is 483 g/mol. The van der Waals surface area contributed by atoms with Crippen LogP contribution in [0.1, 0.15) is 11.1 Å². The maximum absolute atomic E-state index is 14.6. The van der Waals surface area contributed by atoms with Crippen molar-refractivity contribution in [1.82, 2.24) is 9.34 Å². The average Bonchev–Trinajstić information content (AvgIpc) is 3.71. The molecule has 0 unspecified atom stereocenters. The molecule has 0 aliphatic carbocycles. The van der Waals surface area contributed by atoms with Gasteiger partial charge in [-0.1, -0.05) is 42.0 Å². The van der Waals surface area contributed by atoms with E-state index in [9.17, 15) is 19.1 Å². The van der Waals surface area contributed by atoms with E-state index in [1.54, 1.807) is 21.5 Å². The molecule has 0 saturated carbocycles. The van der Waals surface area contributed by atoms with Crippen molar-refractivity contribution in [3.63, 3.8) is 0 Å². The van der Waals surface area contributed by atoms with Gasteiger partial charge in [0.25, 0.3) is 0 Å². The molecule has 5 rings (SSSR count). The third-order valence-corrected chi connectivity index (χ3v) is 8.44. The van der Waals surface area contributed by atoms with Gasteiger partial charge in [-0.05, 0) is 36.2 Å². The number of rotatable bonds is 9. The smallest absolute Gasteiger partial charge is 0.346 e. The van der Waals surface area contributed by atoms with Gasteiger partial charge in [0.05, 0.1) is 17.6 Å². The standard InChI is InChI=1S/C24H23FN3O5P/c1-17-2-4-18(5-3-17)19-6-8-21(9-7-19)33-24-14-20(22(25)15-23(24)28(29)30)16-32-34(31,26-10-11-26)27-12-13-27/h2-9,14-15H,10-13,16H2,1H3. The lowest BCUT2D eigenvalue weighted by Crippen LogP contribution is -2.09. The van der Waals surface area contributed by atoms with E-state index in [1.807, 2.05) is 43.3 Å². The number of benzene rings is 3. The van der Waals surface area contributed by atoms with Crippen LogP contribution < -0.4 is 4.74 Å². The largest absolute Gasteiger partial charge is 0.450 e. The molecule has 2 heterocycles. The van der Waals surface area contributed by atoms with Gasteiger partial charge in [0.15, 0.2) is 0 Å². The maximum atomic E-state index is 14.6. The molecular formula is C24H23FN3O5P. The van der Waals surface area contributed by atoms with Gasteiger partial charge in [-0.25, -0.2) is 13.7 Å². The second-order valence-corrected chi connectivity index (χ2v) is 10.7. The third kappa shape index (κ3) is 4.74. The summed E-state index contributed by atoms with van der Waals surface area (Å²) in [5, 5.41) is 11.5. The van der Waals surface area contributed by atoms with E-state index in [0.717, 1.165) is 22.8 Å². The Balaban J connectivity index is 1.37. The molecule has 2 aliphatic heterocycles. The number of ether oxygens (including phenoxy) is 1. The molecule has 0 bridgehead atoms. The van der Waals surface area contributed by atoms with Crippen molar-refractivity contribution in [2.75, 3.05) is 26.2 Å². The Morgan fingerprint density at radius 2 is 1.53 bits per heavy atom. The second-order valence-electron chi connectivity index (χ2n) is 8.33. The fourth-order valence-corrected chi connectivity index (χ4v) is 5.78. The molecule has 0 aromatic heterocycles. The molecule has 2 aliphatic rings. The predicted molar refractivity (Wildman–Crippen MR) is 125 cm³/mol. The number of hydrogen-bond donors (Lipinski definition) is 0. The number of halogens is 1. The summed E-state index contributed by atoms with van der Waals surface area (Å²) in [6.45, 7) is 4.42. The first-order valence-electron chi connectivity index (χ1n) is 10.9. The van der Waals surface area contributed by atoms with Gasteiger partial charge in [0, 0.05) is 31.7 Å². The van der Waals surface area contributed by atoms with Crippen LogP contribution in [-0.2, 0) is 15.7 Å². The summed E-state index contributed by atoms with van der Waals surface area (Å²) in [6.07, 6.45) is 0. The van der Waals surface area contributed by atoms with Crippen LogP contribution in [0.3, 0.4) is 0 Å². The van der Waals surface area contributed by atoms with Crippen LogP contribution in [0.5, 0.6) is 11.5 Å². The lowest BCUT2D eigenvalue weighted by Gasteiger charge is -2.20. The fraction of sp³-hybridized carbons (Fsp3) is 0.250. The second kappa shape index (κ2) is 8.92. The van der Waals surface area contributed by atoms with Crippen molar-refractivity contribution in [2.45, 2.75) is 13.5 Å². The summed E-state index contributed by atoms with van der Waals surface area (Å²) in [5.74, 6) is -0.547. The molecule has 8 nitrogen and oxygen atoms in total. The quantitative estimate of drug-likeness (QED) is 0.166. The van der Waals surface area contributed by atoms with Crippen LogP contribution in [-0.4, -0.2) is 40.4 Å². The molecule has 0 atom stereocenters. The highest BCUT2D eigenvalue weighted by atomic mass is 31.2. The first kappa shape index (κ1) is 22.7. The first-order valence-corrected chi connectivity index (χ1v) is 12.4. The van der Waals surface area contributed by atoms with Crippen molar-refractivity contribution in [1.29, 1.82) is 0 Å². The molecule has 10 heteroatoms. The monoisotopic (exact) mass is 483 g/mol. The Labute approximate surface area is 196 Å². The van der Waals surface area contributed by atoms with Gasteiger partial charge in [0.1, 0.15) is 11.6 Å². The highest BCUT2D eigenvalue weighted by Gasteiger charge is 2.49. The lowest BCUT2D eigenvalue weighted by atomic mass is 10.0. The van der Waals surface area contributed by atoms with Crippen LogP contribution in [0.4, 0.5) is 10.1 Å². The van der Waals surface area contributed by atoms with Gasteiger partial charge in [-0.15, -0.1) is 0 Å². The minimum Gasteiger partial charge on any atom is -0.450 e. The maximum Gasteiger partial charge on any atom is 0.346 e. The van der Waals surface area contributed by atoms with E-state index in [0.29, 0.717) is 31.9 Å². The molecule has 0 spiro atoms. The van der Waals surface area contributed by atoms with Gasteiger partial charge in [-0.3, -0.25) is 14.7 Å². The van der Waals surface area contributed by atoms with E-state index in [2.05, 4.69) is 0 Å².